The summed E-state index contributed by atoms with van der Waals surface area (Å²) in [5.74, 6) is 0.258. The molecule has 2 nitrogen and oxygen atoms in total. The smallest absolute Gasteiger partial charge is 0.138 e. The Morgan fingerprint density at radius 2 is 2.50 bits per heavy atom. The van der Waals surface area contributed by atoms with Gasteiger partial charge in [-0.05, 0) is 24.7 Å². The zero-order chi connectivity index (χ0) is 13.7. The third kappa shape index (κ3) is 3.05. The van der Waals surface area contributed by atoms with Crippen LogP contribution in [0.3, 0.4) is 0 Å². The number of carbonyl (C=O) groups excluding carboxylic acids is 1. The van der Waals surface area contributed by atoms with Crippen LogP contribution in [0.15, 0.2) is 24.8 Å². The number of allylic oxidation sites excluding steroid dienone is 3. The monoisotopic (exact) mass is 224 g/mol. The number of rotatable bonds is 5. The lowest BCUT2D eigenvalue weighted by molar-refractivity contribution is -0.125. The van der Waals surface area contributed by atoms with Crippen LogP contribution in [0.25, 0.3) is 0 Å². The molecule has 0 spiro atoms. The molecule has 1 aliphatic rings. The zero-order valence-electron chi connectivity index (χ0n) is 12.0. The predicted octanol–water partition coefficient (Wildman–Crippen LogP) is 2.73. The Morgan fingerprint density at radius 1 is 1.75 bits per heavy atom. The topological polar surface area (TPSA) is 37.3 Å². The van der Waals surface area contributed by atoms with Crippen LogP contribution in [-0.2, 0) is 4.79 Å². The van der Waals surface area contributed by atoms with Crippen molar-refractivity contribution in [1.82, 2.24) is 0 Å². The molecule has 0 amide bonds. The third-order valence-electron chi connectivity index (χ3n) is 3.52. The zero-order valence-corrected chi connectivity index (χ0v) is 10.0. The number of carbonyl (C=O) groups is 1. The molecule has 0 saturated heterocycles. The predicted molar refractivity (Wildman–Crippen MR) is 66.0 cm³/mol. The van der Waals surface area contributed by atoms with Gasteiger partial charge in [-0.1, -0.05) is 38.6 Å². The van der Waals surface area contributed by atoms with Crippen molar-refractivity contribution in [3.8, 4) is 0 Å². The van der Waals surface area contributed by atoms with Gasteiger partial charge in [0.2, 0.25) is 0 Å². The summed E-state index contributed by atoms with van der Waals surface area (Å²) in [6.07, 6.45) is 6.42. The van der Waals surface area contributed by atoms with E-state index in [0.717, 1.165) is 6.42 Å². The van der Waals surface area contributed by atoms with Crippen LogP contribution in [-0.4, -0.2) is 17.0 Å². The molecular weight excluding hydrogens is 200 g/mol. The molecule has 0 radical (unpaired) electrons. The summed E-state index contributed by atoms with van der Waals surface area (Å²) in [4.78, 5) is 11.7. The maximum absolute atomic E-state index is 11.7. The fourth-order valence-electron chi connectivity index (χ4n) is 2.42. The highest BCUT2D eigenvalue weighted by Crippen LogP contribution is 2.34. The van der Waals surface area contributed by atoms with Crippen LogP contribution >= 0.6 is 0 Å². The van der Waals surface area contributed by atoms with Gasteiger partial charge in [-0.15, -0.1) is 0 Å². The number of ketones is 1. The van der Waals surface area contributed by atoms with E-state index in [-0.39, 0.29) is 30.1 Å². The highest BCUT2D eigenvalue weighted by atomic mass is 16.3. The van der Waals surface area contributed by atoms with Crippen molar-refractivity contribution in [3.63, 3.8) is 0 Å². The minimum atomic E-state index is -0.588. The Labute approximate surface area is 101 Å². The van der Waals surface area contributed by atoms with Gasteiger partial charge >= 0.3 is 0 Å². The summed E-state index contributed by atoms with van der Waals surface area (Å²) in [6, 6.07) is 0. The second-order valence-corrected chi connectivity index (χ2v) is 4.81. The largest absolute Gasteiger partial charge is 0.392 e. The lowest BCUT2D eigenvalue weighted by atomic mass is 9.83. The van der Waals surface area contributed by atoms with Gasteiger partial charge < -0.3 is 5.11 Å². The minimum absolute atomic E-state index is 0.0177. The number of hydrogen-bond acceptors (Lipinski definition) is 2. The first kappa shape index (κ1) is 10.3. The van der Waals surface area contributed by atoms with Gasteiger partial charge in [0.15, 0.2) is 0 Å². The van der Waals surface area contributed by atoms with Gasteiger partial charge in [0.25, 0.3) is 0 Å². The van der Waals surface area contributed by atoms with Crippen LogP contribution in [0.4, 0.5) is 0 Å². The van der Waals surface area contributed by atoms with Gasteiger partial charge in [0.1, 0.15) is 5.78 Å². The molecule has 0 heterocycles. The van der Waals surface area contributed by atoms with E-state index in [1.54, 1.807) is 6.08 Å². The molecule has 1 saturated carbocycles. The van der Waals surface area contributed by atoms with Crippen LogP contribution in [0.1, 0.15) is 35.9 Å². The fourth-order valence-corrected chi connectivity index (χ4v) is 2.42. The maximum atomic E-state index is 11.7. The van der Waals surface area contributed by atoms with Crippen LogP contribution in [0.5, 0.6) is 0 Å². The van der Waals surface area contributed by atoms with Gasteiger partial charge in [-0.3, -0.25) is 4.79 Å². The SMILES string of the molecule is [2H]C([2H])=CC=CC[C@@H](C)C(O)[C@H]1C(=O)CCC1C. The van der Waals surface area contributed by atoms with Crippen molar-refractivity contribution in [2.75, 3.05) is 0 Å². The molecule has 0 aromatic rings. The molecular formula is C14H22O2. The quantitative estimate of drug-likeness (QED) is 0.729. The highest BCUT2D eigenvalue weighted by molar-refractivity contribution is 5.83. The molecule has 0 aromatic carbocycles. The summed E-state index contributed by atoms with van der Waals surface area (Å²) in [5.41, 5.74) is 0. The van der Waals surface area contributed by atoms with Gasteiger partial charge in [-0.25, -0.2) is 0 Å². The highest BCUT2D eigenvalue weighted by Gasteiger charge is 2.38. The first-order valence-electron chi connectivity index (χ1n) is 6.94. The maximum Gasteiger partial charge on any atom is 0.138 e. The molecule has 0 bridgehead atoms. The molecule has 90 valence electrons. The van der Waals surface area contributed by atoms with Crippen molar-refractivity contribution in [3.05, 3.63) is 24.8 Å². The fraction of sp³-hybridized carbons (Fsp3) is 0.643. The van der Waals surface area contributed by atoms with Crippen molar-refractivity contribution in [2.45, 2.75) is 39.2 Å². The van der Waals surface area contributed by atoms with Gasteiger partial charge in [0.05, 0.1) is 8.85 Å². The molecule has 1 aliphatic carbocycles. The first-order valence-corrected chi connectivity index (χ1v) is 5.94. The Balaban J connectivity index is 2.51. The molecule has 1 rings (SSSR count). The van der Waals surface area contributed by atoms with Crippen molar-refractivity contribution < 1.29 is 12.6 Å². The average molecular weight is 224 g/mol. The normalized spacial score (nSPS) is 31.1. The van der Waals surface area contributed by atoms with E-state index in [9.17, 15) is 9.90 Å². The van der Waals surface area contributed by atoms with E-state index in [1.807, 2.05) is 19.9 Å². The summed E-state index contributed by atoms with van der Waals surface area (Å²) < 4.78 is 13.8. The van der Waals surface area contributed by atoms with Crippen LogP contribution in [0.2, 0.25) is 0 Å². The van der Waals surface area contributed by atoms with E-state index in [2.05, 4.69) is 0 Å². The summed E-state index contributed by atoms with van der Waals surface area (Å²) in [5, 5.41) is 10.2. The molecule has 2 unspecified atom stereocenters. The molecule has 2 heteroatoms. The Kier molecular flexibility index (Phi) is 3.85. The summed E-state index contributed by atoms with van der Waals surface area (Å²) in [7, 11) is 0. The number of Topliss-reactive ketones (excluding diaryl/α,β-unsaturated/α-hetero) is 1. The average Bonchev–Trinajstić information content (AvgIpc) is 2.63. The lowest BCUT2D eigenvalue weighted by Gasteiger charge is -2.25. The second kappa shape index (κ2) is 6.00. The van der Waals surface area contributed by atoms with E-state index < -0.39 is 6.10 Å². The minimum Gasteiger partial charge on any atom is -0.392 e. The number of hydrogen-bond donors (Lipinski definition) is 1. The Hall–Kier alpha value is -0.890. The first-order chi connectivity index (χ1) is 8.43. The third-order valence-corrected chi connectivity index (χ3v) is 3.52. The van der Waals surface area contributed by atoms with Gasteiger partial charge in [-0.2, -0.15) is 0 Å². The Morgan fingerprint density at radius 3 is 3.06 bits per heavy atom. The standard InChI is InChI=1S/C14H22O2/c1-4-5-6-7-11(3)14(16)13-10(2)8-9-12(13)15/h4-6,10-11,13-14,16H,1,7-9H2,2-3H3/t10?,11-,13-,14?/m1/s1/i1D2. The second-order valence-electron chi connectivity index (χ2n) is 4.81. The van der Waals surface area contributed by atoms with E-state index in [1.165, 1.54) is 6.08 Å². The number of aliphatic hydroxyl groups excluding tert-OH is 1. The molecule has 4 atom stereocenters. The Bertz CT molecular complexity index is 346. The van der Waals surface area contributed by atoms with E-state index in [0.29, 0.717) is 12.8 Å². The summed E-state index contributed by atoms with van der Waals surface area (Å²) in [6.45, 7) is 3.72. The lowest BCUT2D eigenvalue weighted by Crippen LogP contribution is -2.33. The molecule has 16 heavy (non-hydrogen) atoms. The van der Waals surface area contributed by atoms with E-state index in [4.69, 9.17) is 2.74 Å². The van der Waals surface area contributed by atoms with Crippen LogP contribution < -0.4 is 0 Å². The van der Waals surface area contributed by atoms with Gasteiger partial charge in [0, 0.05) is 12.3 Å². The molecule has 1 N–H and O–H groups in total. The van der Waals surface area contributed by atoms with Crippen LogP contribution in [0, 0.1) is 17.8 Å². The molecule has 0 aliphatic heterocycles. The number of aliphatic hydroxyl groups is 1. The van der Waals surface area contributed by atoms with Crippen molar-refractivity contribution >= 4 is 5.78 Å². The molecule has 1 fully saturated rings. The van der Waals surface area contributed by atoms with Crippen molar-refractivity contribution in [1.29, 1.82) is 0 Å². The summed E-state index contributed by atoms with van der Waals surface area (Å²) >= 11 is 0. The molecule has 0 aromatic heterocycles. The van der Waals surface area contributed by atoms with E-state index >= 15 is 0 Å². The van der Waals surface area contributed by atoms with Crippen molar-refractivity contribution in [2.24, 2.45) is 17.8 Å².